The Hall–Kier alpha value is -4.24. The van der Waals surface area contributed by atoms with E-state index in [9.17, 15) is 0 Å². The highest BCUT2D eigenvalue weighted by molar-refractivity contribution is 5.85. The van der Waals surface area contributed by atoms with Gasteiger partial charge in [-0.3, -0.25) is 0 Å². The minimum Gasteiger partial charge on any atom is -0.377 e. The van der Waals surface area contributed by atoms with Crippen molar-refractivity contribution in [1.29, 1.82) is 0 Å². The molecule has 2 heteroatoms. The Morgan fingerprint density at radius 2 is 1.00 bits per heavy atom. The summed E-state index contributed by atoms with van der Waals surface area (Å²) in [7, 11) is 0. The number of hydrogen-bond acceptors (Lipinski definition) is 2. The molecule has 0 fully saturated rings. The summed E-state index contributed by atoms with van der Waals surface area (Å²) in [5.74, 6) is 0.549. The van der Waals surface area contributed by atoms with E-state index >= 15 is 0 Å². The lowest BCUT2D eigenvalue weighted by Crippen LogP contribution is -2.00. The van der Waals surface area contributed by atoms with Gasteiger partial charge in [0.1, 0.15) is 0 Å². The second-order valence-corrected chi connectivity index (χ2v) is 11.6. The van der Waals surface area contributed by atoms with Crippen LogP contribution in [0.4, 0.5) is 0 Å². The Bertz CT molecular complexity index is 1630. The van der Waals surface area contributed by atoms with E-state index in [1.54, 1.807) is 0 Å². The minimum absolute atomic E-state index is 0.549. The molecule has 0 unspecified atom stereocenters. The normalized spacial score (nSPS) is 10.7. The maximum Gasteiger partial charge on any atom is 0.0722 e. The molecule has 0 radical (unpaired) electrons. The molecular weight excluding hydrogens is 560 g/mol. The fourth-order valence-corrected chi connectivity index (χ4v) is 5.59. The van der Waals surface area contributed by atoms with Gasteiger partial charge in [0.15, 0.2) is 0 Å². The van der Waals surface area contributed by atoms with E-state index in [4.69, 9.17) is 9.47 Å². The van der Waals surface area contributed by atoms with Crippen LogP contribution in [0.5, 0.6) is 0 Å². The number of hydrogen-bond donors (Lipinski definition) is 0. The first kappa shape index (κ1) is 34.6. The number of rotatable bonds is 12. The highest BCUT2D eigenvalue weighted by Crippen LogP contribution is 2.28. The van der Waals surface area contributed by atoms with Gasteiger partial charge in [0.05, 0.1) is 13.2 Å². The molecule has 6 aromatic carbocycles. The molecule has 46 heavy (non-hydrogen) atoms. The van der Waals surface area contributed by atoms with Crippen molar-refractivity contribution in [2.45, 2.75) is 65.6 Å². The number of fused-ring (bicyclic) bond motifs is 2. The van der Waals surface area contributed by atoms with E-state index < -0.39 is 0 Å². The van der Waals surface area contributed by atoms with Crippen molar-refractivity contribution in [3.05, 3.63) is 168 Å². The molecule has 0 aliphatic carbocycles. The zero-order chi connectivity index (χ0) is 32.2. The van der Waals surface area contributed by atoms with Crippen LogP contribution in [0.1, 0.15) is 74.6 Å². The van der Waals surface area contributed by atoms with Crippen LogP contribution in [0, 0.1) is 0 Å². The van der Waals surface area contributed by atoms with Gasteiger partial charge in [-0.15, -0.1) is 0 Å². The van der Waals surface area contributed by atoms with Gasteiger partial charge in [-0.25, -0.2) is 0 Å². The van der Waals surface area contributed by atoms with Crippen molar-refractivity contribution in [3.63, 3.8) is 0 Å². The summed E-state index contributed by atoms with van der Waals surface area (Å²) in [6.45, 7) is 9.62. The van der Waals surface area contributed by atoms with E-state index in [0.717, 1.165) is 39.3 Å². The Labute approximate surface area is 277 Å². The minimum atomic E-state index is 0.549. The highest BCUT2D eigenvalue weighted by atomic mass is 16.5. The van der Waals surface area contributed by atoms with Crippen molar-refractivity contribution in [2.75, 3.05) is 13.2 Å². The molecule has 0 N–H and O–H groups in total. The molecule has 0 saturated carbocycles. The van der Waals surface area contributed by atoms with Crippen LogP contribution >= 0.6 is 0 Å². The molecule has 0 bridgehead atoms. The van der Waals surface area contributed by atoms with E-state index in [2.05, 4.69) is 166 Å². The average Bonchev–Trinajstić information content (AvgIpc) is 3.12. The third-order valence-corrected chi connectivity index (χ3v) is 7.90. The standard InChI is InChI=1S/C16H18.2C14H16O/c1-2-9-16(14-10-5-3-6-11-14)15-12-7-4-8-13-15;1-2-10-15-11-13-8-5-7-12-6-3-4-9-14(12)13;1-2-9-15-11-12-7-8-13-5-3-4-6-14(13)10-12/h3-8,10-13,16H,2,9H2,1H3;3-9H,2,10-11H2,1H3;3-8,10H,2,9,11H2,1H3. The molecule has 0 atom stereocenters. The lowest BCUT2D eigenvalue weighted by molar-refractivity contribution is 0.121. The van der Waals surface area contributed by atoms with Gasteiger partial charge < -0.3 is 9.47 Å². The second kappa shape index (κ2) is 20.0. The molecule has 0 aliphatic rings. The molecule has 2 nitrogen and oxygen atoms in total. The van der Waals surface area contributed by atoms with Crippen LogP contribution in [0.15, 0.2) is 146 Å². The fraction of sp³-hybridized carbons (Fsp3) is 0.273. The summed E-state index contributed by atoms with van der Waals surface area (Å²) in [5, 5.41) is 5.16. The largest absolute Gasteiger partial charge is 0.377 e. The summed E-state index contributed by atoms with van der Waals surface area (Å²) >= 11 is 0. The molecule has 0 saturated heterocycles. The summed E-state index contributed by atoms with van der Waals surface area (Å²) in [5.41, 5.74) is 5.38. The first-order valence-corrected chi connectivity index (χ1v) is 16.9. The molecule has 6 aromatic rings. The Morgan fingerprint density at radius 1 is 0.457 bits per heavy atom. The Kier molecular flexibility index (Phi) is 15.1. The molecule has 0 aromatic heterocycles. The van der Waals surface area contributed by atoms with Crippen LogP contribution < -0.4 is 0 Å². The fourth-order valence-electron chi connectivity index (χ4n) is 5.59. The third-order valence-electron chi connectivity index (χ3n) is 7.90. The maximum absolute atomic E-state index is 5.58. The Balaban J connectivity index is 0.000000157. The van der Waals surface area contributed by atoms with E-state index in [-0.39, 0.29) is 0 Å². The molecular formula is C44H50O2. The predicted octanol–water partition coefficient (Wildman–Crippen LogP) is 12.2. The quantitative estimate of drug-likeness (QED) is 0.128. The summed E-state index contributed by atoms with van der Waals surface area (Å²) < 4.78 is 11.1. The average molecular weight is 611 g/mol. The summed E-state index contributed by atoms with van der Waals surface area (Å²) in [6, 6.07) is 51.3. The van der Waals surface area contributed by atoms with Gasteiger partial charge in [0, 0.05) is 19.1 Å². The van der Waals surface area contributed by atoms with Crippen molar-refractivity contribution in [2.24, 2.45) is 0 Å². The molecule has 0 spiro atoms. The first-order valence-electron chi connectivity index (χ1n) is 16.9. The lowest BCUT2D eigenvalue weighted by atomic mass is 9.88. The van der Waals surface area contributed by atoms with Gasteiger partial charge in [0.2, 0.25) is 0 Å². The van der Waals surface area contributed by atoms with Gasteiger partial charge in [-0.1, -0.05) is 167 Å². The zero-order valence-electron chi connectivity index (χ0n) is 27.9. The summed E-state index contributed by atoms with van der Waals surface area (Å²) in [6.07, 6.45) is 4.58. The van der Waals surface area contributed by atoms with Gasteiger partial charge in [-0.05, 0) is 69.1 Å². The van der Waals surface area contributed by atoms with Crippen molar-refractivity contribution >= 4 is 21.5 Å². The molecule has 238 valence electrons. The van der Waals surface area contributed by atoms with E-state index in [1.165, 1.54) is 56.6 Å². The first-order chi connectivity index (χ1) is 22.7. The number of ether oxygens (including phenoxy) is 2. The van der Waals surface area contributed by atoms with Crippen LogP contribution in [-0.4, -0.2) is 13.2 Å². The van der Waals surface area contributed by atoms with Crippen LogP contribution in [-0.2, 0) is 22.7 Å². The van der Waals surface area contributed by atoms with Gasteiger partial charge in [-0.2, -0.15) is 0 Å². The number of benzene rings is 6. The van der Waals surface area contributed by atoms with Crippen molar-refractivity contribution in [1.82, 2.24) is 0 Å². The van der Waals surface area contributed by atoms with E-state index in [1.807, 2.05) is 0 Å². The second-order valence-electron chi connectivity index (χ2n) is 11.6. The van der Waals surface area contributed by atoms with E-state index in [0.29, 0.717) is 5.92 Å². The molecule has 0 amide bonds. The molecule has 0 aliphatic heterocycles. The lowest BCUT2D eigenvalue weighted by Gasteiger charge is -2.17. The van der Waals surface area contributed by atoms with Gasteiger partial charge >= 0.3 is 0 Å². The topological polar surface area (TPSA) is 18.5 Å². The Morgan fingerprint density at radius 3 is 1.63 bits per heavy atom. The summed E-state index contributed by atoms with van der Waals surface area (Å²) in [4.78, 5) is 0. The monoisotopic (exact) mass is 610 g/mol. The van der Waals surface area contributed by atoms with Crippen molar-refractivity contribution in [3.8, 4) is 0 Å². The third kappa shape index (κ3) is 11.0. The predicted molar refractivity (Wildman–Crippen MR) is 197 cm³/mol. The molecule has 0 heterocycles. The van der Waals surface area contributed by atoms with Crippen LogP contribution in [0.3, 0.4) is 0 Å². The van der Waals surface area contributed by atoms with Gasteiger partial charge in [0.25, 0.3) is 0 Å². The van der Waals surface area contributed by atoms with Crippen LogP contribution in [0.25, 0.3) is 21.5 Å². The smallest absolute Gasteiger partial charge is 0.0722 e. The SMILES string of the molecule is CCCC(c1ccccc1)c1ccccc1.CCCOCc1ccc2ccccc2c1.CCCOCc1cccc2ccccc12. The molecule has 6 rings (SSSR count). The highest BCUT2D eigenvalue weighted by Gasteiger charge is 2.11. The van der Waals surface area contributed by atoms with Crippen molar-refractivity contribution < 1.29 is 9.47 Å². The zero-order valence-corrected chi connectivity index (χ0v) is 27.9. The van der Waals surface area contributed by atoms with Crippen LogP contribution in [0.2, 0.25) is 0 Å². The maximum atomic E-state index is 5.58.